The van der Waals surface area contributed by atoms with Crippen LogP contribution in [-0.2, 0) is 0 Å². The van der Waals surface area contributed by atoms with Gasteiger partial charge in [0.05, 0.1) is 6.07 Å². The number of amides is 1. The number of hydrogen-bond acceptors (Lipinski definition) is 5. The van der Waals surface area contributed by atoms with Gasteiger partial charge in [-0.3, -0.25) is 14.9 Å². The highest BCUT2D eigenvalue weighted by molar-refractivity contribution is 5.92. The lowest BCUT2D eigenvalue weighted by Crippen LogP contribution is -2.48. The van der Waals surface area contributed by atoms with Crippen LogP contribution >= 0.6 is 0 Å². The van der Waals surface area contributed by atoms with E-state index in [0.717, 1.165) is 5.69 Å². The Morgan fingerprint density at radius 2 is 1.74 bits per heavy atom. The largest absolute Gasteiger partial charge is 0.433 e. The number of halogens is 1. The van der Waals surface area contributed by atoms with Crippen LogP contribution in [-0.4, -0.2) is 41.9 Å². The normalized spacial score (nSPS) is 14.8. The SMILES string of the molecule is O=C(c1ccc([N+](=O)[O-])o1)N1CCN(c2ccc(F)cc2)CC1. The monoisotopic (exact) mass is 319 g/mol. The third-order valence-electron chi connectivity index (χ3n) is 3.74. The van der Waals surface area contributed by atoms with Crippen molar-refractivity contribution in [3.8, 4) is 0 Å². The molecule has 0 aliphatic carbocycles. The molecular weight excluding hydrogens is 305 g/mol. The van der Waals surface area contributed by atoms with Gasteiger partial charge < -0.3 is 14.2 Å². The van der Waals surface area contributed by atoms with E-state index in [1.54, 1.807) is 17.0 Å². The molecule has 1 aromatic heterocycles. The molecule has 0 unspecified atom stereocenters. The first kappa shape index (κ1) is 15.0. The molecule has 1 aliphatic rings. The molecule has 120 valence electrons. The lowest BCUT2D eigenvalue weighted by Gasteiger charge is -2.35. The predicted octanol–water partition coefficient (Wildman–Crippen LogP) is 2.29. The van der Waals surface area contributed by atoms with E-state index in [0.29, 0.717) is 26.2 Å². The van der Waals surface area contributed by atoms with Crippen LogP contribution in [0.4, 0.5) is 16.0 Å². The molecule has 2 aromatic rings. The molecule has 2 heterocycles. The Bertz CT molecular complexity index is 721. The van der Waals surface area contributed by atoms with Gasteiger partial charge in [-0.05, 0) is 30.3 Å². The average Bonchev–Trinajstić information content (AvgIpc) is 3.05. The number of rotatable bonds is 3. The van der Waals surface area contributed by atoms with Crippen molar-refractivity contribution in [1.29, 1.82) is 0 Å². The number of benzene rings is 1. The number of nitrogens with zero attached hydrogens (tertiary/aromatic N) is 3. The maximum atomic E-state index is 12.9. The average molecular weight is 319 g/mol. The fraction of sp³-hybridized carbons (Fsp3) is 0.267. The number of carbonyl (C=O) groups excluding carboxylic acids is 1. The van der Waals surface area contributed by atoms with Crippen LogP contribution in [0.15, 0.2) is 40.8 Å². The molecule has 1 saturated heterocycles. The summed E-state index contributed by atoms with van der Waals surface area (Å²) in [6.45, 7) is 2.12. The number of hydrogen-bond donors (Lipinski definition) is 0. The summed E-state index contributed by atoms with van der Waals surface area (Å²) in [4.78, 5) is 25.8. The van der Waals surface area contributed by atoms with Crippen LogP contribution in [0.25, 0.3) is 0 Å². The van der Waals surface area contributed by atoms with Gasteiger partial charge in [0.15, 0.2) is 5.76 Å². The Morgan fingerprint density at radius 1 is 1.09 bits per heavy atom. The van der Waals surface area contributed by atoms with Crippen molar-refractivity contribution < 1.29 is 18.5 Å². The van der Waals surface area contributed by atoms with Crippen molar-refractivity contribution in [1.82, 2.24) is 4.90 Å². The van der Waals surface area contributed by atoms with Gasteiger partial charge in [-0.2, -0.15) is 0 Å². The second-order valence-corrected chi connectivity index (χ2v) is 5.15. The summed E-state index contributed by atoms with van der Waals surface area (Å²) in [6.07, 6.45) is 0. The molecule has 0 spiro atoms. The molecule has 0 N–H and O–H groups in total. The summed E-state index contributed by atoms with van der Waals surface area (Å²) in [6, 6.07) is 8.67. The number of piperazine rings is 1. The maximum absolute atomic E-state index is 12.9. The van der Waals surface area contributed by atoms with Crippen LogP contribution in [0.3, 0.4) is 0 Å². The van der Waals surface area contributed by atoms with Crippen LogP contribution < -0.4 is 4.90 Å². The first-order valence-electron chi connectivity index (χ1n) is 7.08. The zero-order valence-corrected chi connectivity index (χ0v) is 12.1. The number of carbonyl (C=O) groups is 1. The van der Waals surface area contributed by atoms with Gasteiger partial charge in [0.25, 0.3) is 5.91 Å². The molecule has 3 rings (SSSR count). The Kier molecular flexibility index (Phi) is 3.96. The van der Waals surface area contributed by atoms with Crippen LogP contribution in [0, 0.1) is 15.9 Å². The van der Waals surface area contributed by atoms with Crippen LogP contribution in [0.1, 0.15) is 10.6 Å². The van der Waals surface area contributed by atoms with Gasteiger partial charge in [0, 0.05) is 31.9 Å². The summed E-state index contributed by atoms with van der Waals surface area (Å²) in [5, 5.41) is 10.6. The van der Waals surface area contributed by atoms with E-state index in [2.05, 4.69) is 0 Å². The summed E-state index contributed by atoms with van der Waals surface area (Å²) >= 11 is 0. The summed E-state index contributed by atoms with van der Waals surface area (Å²) < 4.78 is 17.9. The van der Waals surface area contributed by atoms with Crippen LogP contribution in [0.2, 0.25) is 0 Å². The molecule has 1 amide bonds. The zero-order valence-electron chi connectivity index (χ0n) is 12.1. The van der Waals surface area contributed by atoms with Crippen molar-refractivity contribution in [2.75, 3.05) is 31.1 Å². The van der Waals surface area contributed by atoms with E-state index in [4.69, 9.17) is 4.42 Å². The van der Waals surface area contributed by atoms with Crippen molar-refractivity contribution in [3.05, 3.63) is 58.1 Å². The van der Waals surface area contributed by atoms with E-state index in [1.807, 2.05) is 4.90 Å². The van der Waals surface area contributed by atoms with Crippen LogP contribution in [0.5, 0.6) is 0 Å². The van der Waals surface area contributed by atoms with E-state index in [1.165, 1.54) is 24.3 Å². The molecule has 7 nitrogen and oxygen atoms in total. The standard InChI is InChI=1S/C15H14FN3O4/c16-11-1-3-12(4-2-11)17-7-9-18(10-8-17)15(20)13-5-6-14(23-13)19(21)22/h1-6H,7-10H2. The third kappa shape index (κ3) is 3.15. The van der Waals surface area contributed by atoms with Gasteiger partial charge in [0.1, 0.15) is 10.7 Å². The van der Waals surface area contributed by atoms with Crippen molar-refractivity contribution in [2.45, 2.75) is 0 Å². The topological polar surface area (TPSA) is 79.8 Å². The minimum absolute atomic E-state index is 0.0352. The van der Waals surface area contributed by atoms with E-state index in [-0.39, 0.29) is 17.5 Å². The van der Waals surface area contributed by atoms with Crippen molar-refractivity contribution >= 4 is 17.5 Å². The highest BCUT2D eigenvalue weighted by atomic mass is 19.1. The molecule has 0 bridgehead atoms. The van der Waals surface area contributed by atoms with Gasteiger partial charge in [-0.1, -0.05) is 0 Å². The first-order chi connectivity index (χ1) is 11.0. The minimum atomic E-state index is -0.677. The quantitative estimate of drug-likeness (QED) is 0.640. The van der Waals surface area contributed by atoms with Gasteiger partial charge in [0.2, 0.25) is 0 Å². The second-order valence-electron chi connectivity index (χ2n) is 5.15. The lowest BCUT2D eigenvalue weighted by molar-refractivity contribution is -0.402. The van der Waals surface area contributed by atoms with Gasteiger partial charge in [-0.15, -0.1) is 0 Å². The Balaban J connectivity index is 1.62. The smallest absolute Gasteiger partial charge is 0.395 e. The number of nitro groups is 1. The first-order valence-corrected chi connectivity index (χ1v) is 7.08. The molecule has 1 aromatic carbocycles. The highest BCUT2D eigenvalue weighted by Gasteiger charge is 2.26. The molecule has 0 radical (unpaired) electrons. The summed E-state index contributed by atoms with van der Waals surface area (Å²) in [5.41, 5.74) is 0.895. The van der Waals surface area contributed by atoms with E-state index >= 15 is 0 Å². The molecule has 8 heteroatoms. The fourth-order valence-electron chi connectivity index (χ4n) is 2.52. The third-order valence-corrected chi connectivity index (χ3v) is 3.74. The van der Waals surface area contributed by atoms with Crippen molar-refractivity contribution in [3.63, 3.8) is 0 Å². The van der Waals surface area contributed by atoms with Gasteiger partial charge >= 0.3 is 5.88 Å². The maximum Gasteiger partial charge on any atom is 0.433 e. The Labute approximate surface area is 131 Å². The molecule has 23 heavy (non-hydrogen) atoms. The molecule has 0 atom stereocenters. The minimum Gasteiger partial charge on any atom is -0.395 e. The fourth-order valence-corrected chi connectivity index (χ4v) is 2.52. The summed E-state index contributed by atoms with van der Waals surface area (Å²) in [7, 11) is 0. The van der Waals surface area contributed by atoms with Gasteiger partial charge in [-0.25, -0.2) is 4.39 Å². The van der Waals surface area contributed by atoms with E-state index in [9.17, 15) is 19.3 Å². The molecule has 0 saturated carbocycles. The number of furan rings is 1. The second kappa shape index (κ2) is 6.07. The number of anilines is 1. The Morgan fingerprint density at radius 3 is 2.30 bits per heavy atom. The Hall–Kier alpha value is -2.90. The predicted molar refractivity (Wildman–Crippen MR) is 79.9 cm³/mol. The molecular formula is C15H14FN3O4. The molecule has 1 aliphatic heterocycles. The van der Waals surface area contributed by atoms with E-state index < -0.39 is 10.8 Å². The lowest BCUT2D eigenvalue weighted by atomic mass is 10.2. The molecule has 1 fully saturated rings. The van der Waals surface area contributed by atoms with Crippen molar-refractivity contribution in [2.24, 2.45) is 0 Å². The zero-order chi connectivity index (χ0) is 16.4. The summed E-state index contributed by atoms with van der Waals surface area (Å²) in [5.74, 6) is -1.14. The highest BCUT2D eigenvalue weighted by Crippen LogP contribution is 2.20.